The number of nitrogens with one attached hydrogen (secondary N) is 1. The van der Waals surface area contributed by atoms with E-state index in [0.29, 0.717) is 11.1 Å². The lowest BCUT2D eigenvalue weighted by Crippen LogP contribution is -2.47. The molecule has 0 spiro atoms. The van der Waals surface area contributed by atoms with Crippen molar-refractivity contribution < 1.29 is 9.59 Å². The van der Waals surface area contributed by atoms with Gasteiger partial charge in [0.1, 0.15) is 6.54 Å². The number of hydrogen-bond donors (Lipinski definition) is 1. The molecular weight excluding hydrogens is 326 g/mol. The minimum Gasteiger partial charge on any atom is -0.360 e. The SMILES string of the molecule is O=C(CN(C(=O)c1ccccc1)N1CCCC1)c1c[nH]c2ccccc12. The summed E-state index contributed by atoms with van der Waals surface area (Å²) in [5.41, 5.74) is 2.16. The van der Waals surface area contributed by atoms with Crippen LogP contribution in [0.2, 0.25) is 0 Å². The summed E-state index contributed by atoms with van der Waals surface area (Å²) in [5.74, 6) is -0.181. The predicted molar refractivity (Wildman–Crippen MR) is 101 cm³/mol. The molecule has 5 heteroatoms. The number of para-hydroxylation sites is 1. The van der Waals surface area contributed by atoms with E-state index in [2.05, 4.69) is 4.98 Å². The van der Waals surface area contributed by atoms with E-state index in [1.54, 1.807) is 23.3 Å². The van der Waals surface area contributed by atoms with E-state index in [1.165, 1.54) is 0 Å². The quantitative estimate of drug-likeness (QED) is 0.719. The fourth-order valence-corrected chi connectivity index (χ4v) is 3.50. The van der Waals surface area contributed by atoms with E-state index >= 15 is 0 Å². The highest BCUT2D eigenvalue weighted by molar-refractivity contribution is 6.10. The normalized spacial score (nSPS) is 14.6. The van der Waals surface area contributed by atoms with Crippen molar-refractivity contribution in [2.45, 2.75) is 12.8 Å². The van der Waals surface area contributed by atoms with E-state index in [1.807, 2.05) is 47.5 Å². The molecule has 1 aromatic heterocycles. The summed E-state index contributed by atoms with van der Waals surface area (Å²) in [4.78, 5) is 29.1. The summed E-state index contributed by atoms with van der Waals surface area (Å²) < 4.78 is 0. The van der Waals surface area contributed by atoms with Crippen molar-refractivity contribution in [1.29, 1.82) is 0 Å². The maximum absolute atomic E-state index is 13.0. The van der Waals surface area contributed by atoms with Crippen molar-refractivity contribution in [3.63, 3.8) is 0 Å². The first-order chi connectivity index (χ1) is 12.7. The van der Waals surface area contributed by atoms with E-state index in [4.69, 9.17) is 0 Å². The van der Waals surface area contributed by atoms with Crippen molar-refractivity contribution in [1.82, 2.24) is 15.0 Å². The third kappa shape index (κ3) is 3.13. The smallest absolute Gasteiger partial charge is 0.268 e. The molecule has 0 atom stereocenters. The van der Waals surface area contributed by atoms with Crippen LogP contribution in [0.4, 0.5) is 0 Å². The summed E-state index contributed by atoms with van der Waals surface area (Å²) in [5, 5.41) is 4.51. The van der Waals surface area contributed by atoms with Gasteiger partial charge in [-0.1, -0.05) is 36.4 Å². The highest BCUT2D eigenvalue weighted by Crippen LogP contribution is 2.20. The Bertz CT molecular complexity index is 927. The monoisotopic (exact) mass is 347 g/mol. The molecule has 1 saturated heterocycles. The topological polar surface area (TPSA) is 56.4 Å². The number of rotatable bonds is 5. The van der Waals surface area contributed by atoms with Gasteiger partial charge < -0.3 is 4.98 Å². The second kappa shape index (κ2) is 7.14. The van der Waals surface area contributed by atoms with Crippen LogP contribution in [0.25, 0.3) is 10.9 Å². The number of nitrogens with zero attached hydrogens (tertiary/aromatic N) is 2. The molecule has 1 aliphatic heterocycles. The Morgan fingerprint density at radius 3 is 2.42 bits per heavy atom. The van der Waals surface area contributed by atoms with E-state index < -0.39 is 0 Å². The Morgan fingerprint density at radius 2 is 1.65 bits per heavy atom. The fourth-order valence-electron chi connectivity index (χ4n) is 3.50. The molecule has 132 valence electrons. The zero-order valence-electron chi connectivity index (χ0n) is 14.5. The number of ketones is 1. The second-order valence-electron chi connectivity index (χ2n) is 6.56. The Kier molecular flexibility index (Phi) is 4.54. The van der Waals surface area contributed by atoms with Gasteiger partial charge in [0.15, 0.2) is 5.78 Å². The Morgan fingerprint density at radius 1 is 0.962 bits per heavy atom. The van der Waals surface area contributed by atoms with Gasteiger partial charge in [-0.05, 0) is 31.0 Å². The van der Waals surface area contributed by atoms with Crippen LogP contribution in [-0.4, -0.2) is 46.3 Å². The zero-order chi connectivity index (χ0) is 17.9. The molecular formula is C21H21N3O2. The van der Waals surface area contributed by atoms with Crippen LogP contribution in [0.1, 0.15) is 33.6 Å². The number of Topliss-reactive ketones (excluding diaryl/α,β-unsaturated/α-hetero) is 1. The minimum atomic E-state index is -0.124. The predicted octanol–water partition coefficient (Wildman–Crippen LogP) is 3.50. The first kappa shape index (κ1) is 16.5. The maximum Gasteiger partial charge on any atom is 0.268 e. The summed E-state index contributed by atoms with van der Waals surface area (Å²) in [6.45, 7) is 1.66. The molecule has 3 aromatic rings. The van der Waals surface area contributed by atoms with E-state index in [-0.39, 0.29) is 18.2 Å². The molecule has 1 amide bonds. The molecule has 4 rings (SSSR count). The molecule has 0 saturated carbocycles. The Balaban J connectivity index is 1.62. The highest BCUT2D eigenvalue weighted by Gasteiger charge is 2.28. The van der Waals surface area contributed by atoms with Crippen LogP contribution in [0.3, 0.4) is 0 Å². The lowest BCUT2D eigenvalue weighted by atomic mass is 10.1. The maximum atomic E-state index is 13.0. The number of hydrazine groups is 1. The lowest BCUT2D eigenvalue weighted by molar-refractivity contribution is 0.00613. The van der Waals surface area contributed by atoms with Crippen LogP contribution in [0.15, 0.2) is 60.8 Å². The van der Waals surface area contributed by atoms with Crippen LogP contribution in [0.5, 0.6) is 0 Å². The number of amides is 1. The number of H-pyrrole nitrogens is 1. The number of carbonyl (C=O) groups is 2. The zero-order valence-corrected chi connectivity index (χ0v) is 14.5. The lowest BCUT2D eigenvalue weighted by Gasteiger charge is -2.31. The molecule has 0 aliphatic carbocycles. The Labute approximate surface area is 152 Å². The molecule has 2 heterocycles. The summed E-state index contributed by atoms with van der Waals surface area (Å²) >= 11 is 0. The molecule has 1 aliphatic rings. The summed E-state index contributed by atoms with van der Waals surface area (Å²) in [7, 11) is 0. The van der Waals surface area contributed by atoms with Gasteiger partial charge in [-0.2, -0.15) is 0 Å². The average Bonchev–Trinajstić information content (AvgIpc) is 3.36. The van der Waals surface area contributed by atoms with Gasteiger partial charge in [0.05, 0.1) is 0 Å². The largest absolute Gasteiger partial charge is 0.360 e. The van der Waals surface area contributed by atoms with E-state index in [9.17, 15) is 9.59 Å². The van der Waals surface area contributed by atoms with Gasteiger partial charge in [0, 0.05) is 41.3 Å². The van der Waals surface area contributed by atoms with Gasteiger partial charge >= 0.3 is 0 Å². The third-order valence-electron chi connectivity index (χ3n) is 4.86. The second-order valence-corrected chi connectivity index (χ2v) is 6.56. The fraction of sp³-hybridized carbons (Fsp3) is 0.238. The Hall–Kier alpha value is -2.92. The molecule has 26 heavy (non-hydrogen) atoms. The molecule has 5 nitrogen and oxygen atoms in total. The average molecular weight is 347 g/mol. The van der Waals surface area contributed by atoms with Crippen molar-refractivity contribution >= 4 is 22.6 Å². The number of fused-ring (bicyclic) bond motifs is 1. The van der Waals surface area contributed by atoms with Gasteiger partial charge in [-0.25, -0.2) is 5.01 Å². The minimum absolute atomic E-state index is 0.0512. The molecule has 0 radical (unpaired) electrons. The van der Waals surface area contributed by atoms with Crippen LogP contribution in [0, 0.1) is 0 Å². The first-order valence-corrected chi connectivity index (χ1v) is 8.95. The van der Waals surface area contributed by atoms with E-state index in [0.717, 1.165) is 36.8 Å². The first-order valence-electron chi connectivity index (χ1n) is 8.95. The van der Waals surface area contributed by atoms with Gasteiger partial charge in [0.2, 0.25) is 0 Å². The van der Waals surface area contributed by atoms with Gasteiger partial charge in [0.25, 0.3) is 5.91 Å². The molecule has 1 fully saturated rings. The van der Waals surface area contributed by atoms with Gasteiger partial charge in [-0.3, -0.25) is 14.6 Å². The molecule has 1 N–H and O–H groups in total. The molecule has 0 bridgehead atoms. The van der Waals surface area contributed by atoms with Crippen molar-refractivity contribution in [2.75, 3.05) is 19.6 Å². The number of carbonyl (C=O) groups excluding carboxylic acids is 2. The van der Waals surface area contributed by atoms with Crippen molar-refractivity contribution in [2.24, 2.45) is 0 Å². The van der Waals surface area contributed by atoms with Crippen LogP contribution < -0.4 is 0 Å². The highest BCUT2D eigenvalue weighted by atomic mass is 16.2. The summed E-state index contributed by atoms with van der Waals surface area (Å²) in [6.07, 6.45) is 3.82. The summed E-state index contributed by atoms with van der Waals surface area (Å²) in [6, 6.07) is 16.9. The third-order valence-corrected chi connectivity index (χ3v) is 4.86. The number of aromatic nitrogens is 1. The number of aromatic amines is 1. The molecule has 0 unspecified atom stereocenters. The van der Waals surface area contributed by atoms with Crippen molar-refractivity contribution in [3.8, 4) is 0 Å². The van der Waals surface area contributed by atoms with Crippen molar-refractivity contribution in [3.05, 3.63) is 71.9 Å². The van der Waals surface area contributed by atoms with Crippen LogP contribution >= 0.6 is 0 Å². The van der Waals surface area contributed by atoms with Crippen LogP contribution in [-0.2, 0) is 0 Å². The number of hydrogen-bond acceptors (Lipinski definition) is 3. The number of benzene rings is 2. The standard InChI is InChI=1S/C21H21N3O2/c25-20(18-14-22-19-11-5-4-10-17(18)19)15-24(23-12-6-7-13-23)21(26)16-8-2-1-3-9-16/h1-5,8-11,14,22H,6-7,12-13,15H2. The van der Waals surface area contributed by atoms with Gasteiger partial charge in [-0.15, -0.1) is 0 Å². The molecule has 2 aromatic carbocycles.